The highest BCUT2D eigenvalue weighted by Crippen LogP contribution is 2.25. The second-order valence-corrected chi connectivity index (χ2v) is 6.95. The number of methoxy groups -OCH3 is 1. The molecule has 1 heterocycles. The highest BCUT2D eigenvalue weighted by Gasteiger charge is 2.19. The smallest absolute Gasteiger partial charge is 0.261 e. The van der Waals surface area contributed by atoms with Gasteiger partial charge in [-0.15, -0.1) is 0 Å². The molecule has 23 heavy (non-hydrogen) atoms. The monoisotopic (exact) mass is 359 g/mol. The van der Waals surface area contributed by atoms with Crippen molar-refractivity contribution in [2.45, 2.75) is 11.8 Å². The third-order valence-electron chi connectivity index (χ3n) is 2.84. The van der Waals surface area contributed by atoms with Gasteiger partial charge in [0.2, 0.25) is 5.95 Å². The summed E-state index contributed by atoms with van der Waals surface area (Å²) in [6, 6.07) is 3.56. The molecule has 0 aliphatic heterocycles. The molecule has 1 aromatic heterocycles. The van der Waals surface area contributed by atoms with Gasteiger partial charge in [-0.1, -0.05) is 0 Å². The average Bonchev–Trinajstić information content (AvgIpc) is 2.49. The van der Waals surface area contributed by atoms with Gasteiger partial charge in [0.05, 0.1) is 29.5 Å². The summed E-state index contributed by atoms with van der Waals surface area (Å²) in [5, 5.41) is 2.33. The Bertz CT molecular complexity index is 874. The van der Waals surface area contributed by atoms with Crippen LogP contribution in [0, 0.1) is 12.7 Å². The molecule has 0 aliphatic rings. The maximum absolute atomic E-state index is 13.1. The first kappa shape index (κ1) is 17.1. The SMILES string of the molecule is COc1ccc(S(=O)(=O)Cl)cc1C(=O)Nc1ncc(F)c(C)n1. The lowest BCUT2D eigenvalue weighted by molar-refractivity contribution is 0.102. The molecule has 0 aliphatic carbocycles. The summed E-state index contributed by atoms with van der Waals surface area (Å²) in [5.74, 6) is -1.34. The van der Waals surface area contributed by atoms with Crippen LogP contribution in [-0.4, -0.2) is 31.4 Å². The standard InChI is InChI=1S/C13H11ClFN3O4S/c1-7-10(15)6-16-13(17-7)18-12(19)9-5-8(23(14,20)21)3-4-11(9)22-2/h3-6H,1-2H3,(H,16,17,18,19). The first-order valence-electron chi connectivity index (χ1n) is 6.15. The lowest BCUT2D eigenvalue weighted by atomic mass is 10.2. The fraction of sp³-hybridized carbons (Fsp3) is 0.154. The third kappa shape index (κ3) is 3.93. The Hall–Kier alpha value is -2.26. The molecule has 1 N–H and O–H groups in total. The fourth-order valence-corrected chi connectivity index (χ4v) is 2.47. The third-order valence-corrected chi connectivity index (χ3v) is 4.19. The second kappa shape index (κ2) is 6.47. The van der Waals surface area contributed by atoms with Crippen LogP contribution in [0.5, 0.6) is 5.75 Å². The topological polar surface area (TPSA) is 98.2 Å². The van der Waals surface area contributed by atoms with Crippen LogP contribution in [0.15, 0.2) is 29.3 Å². The zero-order valence-corrected chi connectivity index (χ0v) is 13.6. The number of hydrogen-bond donors (Lipinski definition) is 1. The van der Waals surface area contributed by atoms with Crippen molar-refractivity contribution < 1.29 is 22.3 Å². The molecular formula is C13H11ClFN3O4S. The summed E-state index contributed by atoms with van der Waals surface area (Å²) < 4.78 is 40.9. The minimum atomic E-state index is -4.01. The van der Waals surface area contributed by atoms with E-state index in [1.807, 2.05) is 0 Å². The second-order valence-electron chi connectivity index (χ2n) is 4.38. The Morgan fingerprint density at radius 2 is 2.09 bits per heavy atom. The molecule has 0 radical (unpaired) electrons. The van der Waals surface area contributed by atoms with Crippen LogP contribution >= 0.6 is 10.7 Å². The molecule has 10 heteroatoms. The molecule has 0 atom stereocenters. The van der Waals surface area contributed by atoms with E-state index < -0.39 is 20.8 Å². The number of ether oxygens (including phenoxy) is 1. The van der Waals surface area contributed by atoms with E-state index in [2.05, 4.69) is 15.3 Å². The number of halogens is 2. The number of anilines is 1. The predicted molar refractivity (Wildman–Crippen MR) is 80.7 cm³/mol. The average molecular weight is 360 g/mol. The van der Waals surface area contributed by atoms with Gasteiger partial charge >= 0.3 is 0 Å². The largest absolute Gasteiger partial charge is 0.496 e. The first-order valence-corrected chi connectivity index (χ1v) is 8.46. The van der Waals surface area contributed by atoms with Gasteiger partial charge in [0.15, 0.2) is 5.82 Å². The van der Waals surface area contributed by atoms with Crippen molar-refractivity contribution >= 4 is 31.6 Å². The summed E-state index contributed by atoms with van der Waals surface area (Å²) in [4.78, 5) is 19.4. The molecule has 122 valence electrons. The number of amides is 1. The number of carbonyl (C=O) groups excluding carboxylic acids is 1. The zero-order chi connectivity index (χ0) is 17.2. The van der Waals surface area contributed by atoms with Crippen molar-refractivity contribution in [1.29, 1.82) is 0 Å². The zero-order valence-electron chi connectivity index (χ0n) is 12.0. The van der Waals surface area contributed by atoms with E-state index >= 15 is 0 Å². The molecule has 0 bridgehead atoms. The van der Waals surface area contributed by atoms with Gasteiger partial charge in [-0.2, -0.15) is 0 Å². The van der Waals surface area contributed by atoms with E-state index in [0.717, 1.165) is 12.3 Å². The van der Waals surface area contributed by atoms with Crippen LogP contribution in [0.2, 0.25) is 0 Å². The molecule has 0 saturated carbocycles. The highest BCUT2D eigenvalue weighted by atomic mass is 35.7. The van der Waals surface area contributed by atoms with Crippen molar-refractivity contribution in [2.24, 2.45) is 0 Å². The van der Waals surface area contributed by atoms with E-state index in [1.54, 1.807) is 0 Å². The minimum Gasteiger partial charge on any atom is -0.496 e. The molecule has 0 spiro atoms. The van der Waals surface area contributed by atoms with Gasteiger partial charge < -0.3 is 4.74 Å². The molecule has 2 rings (SSSR count). The maximum atomic E-state index is 13.1. The summed E-state index contributed by atoms with van der Waals surface area (Å²) >= 11 is 0. The van der Waals surface area contributed by atoms with Crippen LogP contribution in [0.4, 0.5) is 10.3 Å². The number of hydrogen-bond acceptors (Lipinski definition) is 6. The number of aromatic nitrogens is 2. The van der Waals surface area contributed by atoms with Gasteiger partial charge in [0.1, 0.15) is 5.75 Å². The number of carbonyl (C=O) groups is 1. The molecule has 7 nitrogen and oxygen atoms in total. The van der Waals surface area contributed by atoms with Gasteiger partial charge in [0.25, 0.3) is 15.0 Å². The van der Waals surface area contributed by atoms with Crippen LogP contribution in [0.3, 0.4) is 0 Å². The van der Waals surface area contributed by atoms with Crippen LogP contribution in [0.1, 0.15) is 16.1 Å². The normalized spacial score (nSPS) is 11.1. The van der Waals surface area contributed by atoms with E-state index in [1.165, 1.54) is 26.2 Å². The highest BCUT2D eigenvalue weighted by molar-refractivity contribution is 8.13. The van der Waals surface area contributed by atoms with Crippen molar-refractivity contribution in [1.82, 2.24) is 9.97 Å². The summed E-state index contributed by atoms with van der Waals surface area (Å²) in [6.07, 6.45) is 0.912. The first-order chi connectivity index (χ1) is 10.7. The molecule has 0 unspecified atom stereocenters. The summed E-state index contributed by atoms with van der Waals surface area (Å²) in [7, 11) is 2.57. The predicted octanol–water partition coefficient (Wildman–Crippen LogP) is 2.11. The molecule has 0 fully saturated rings. The van der Waals surface area contributed by atoms with Crippen LogP contribution in [0.25, 0.3) is 0 Å². The Kier molecular flexibility index (Phi) is 4.81. The molecule has 1 aromatic carbocycles. The van der Waals surface area contributed by atoms with Crippen molar-refractivity contribution in [3.05, 3.63) is 41.5 Å². The maximum Gasteiger partial charge on any atom is 0.261 e. The van der Waals surface area contributed by atoms with Crippen LogP contribution in [-0.2, 0) is 9.05 Å². The number of rotatable bonds is 4. The van der Waals surface area contributed by atoms with Gasteiger partial charge in [-0.3, -0.25) is 10.1 Å². The molecule has 2 aromatic rings. The fourth-order valence-electron chi connectivity index (χ4n) is 1.70. The van der Waals surface area contributed by atoms with Gasteiger partial charge in [-0.25, -0.2) is 22.8 Å². The Morgan fingerprint density at radius 3 is 2.65 bits per heavy atom. The van der Waals surface area contributed by atoms with Crippen molar-refractivity contribution in [3.63, 3.8) is 0 Å². The summed E-state index contributed by atoms with van der Waals surface area (Å²) in [5.41, 5.74) is -0.0286. The lowest BCUT2D eigenvalue weighted by Crippen LogP contribution is -2.16. The van der Waals surface area contributed by atoms with E-state index in [-0.39, 0.29) is 27.9 Å². The molecule has 1 amide bonds. The van der Waals surface area contributed by atoms with Crippen molar-refractivity contribution in [2.75, 3.05) is 12.4 Å². The minimum absolute atomic E-state index is 0.0550. The number of nitrogens with zero attached hydrogens (tertiary/aromatic N) is 2. The molecular weight excluding hydrogens is 349 g/mol. The summed E-state index contributed by atoms with van der Waals surface area (Å²) in [6.45, 7) is 1.41. The van der Waals surface area contributed by atoms with E-state index in [9.17, 15) is 17.6 Å². The van der Waals surface area contributed by atoms with Crippen LogP contribution < -0.4 is 10.1 Å². The van der Waals surface area contributed by atoms with Gasteiger partial charge in [0, 0.05) is 10.7 Å². The van der Waals surface area contributed by atoms with E-state index in [0.29, 0.717) is 0 Å². The lowest BCUT2D eigenvalue weighted by Gasteiger charge is -2.10. The van der Waals surface area contributed by atoms with E-state index in [4.69, 9.17) is 15.4 Å². The quantitative estimate of drug-likeness (QED) is 0.839. The Balaban J connectivity index is 2.39. The number of aryl methyl sites for hydroxylation is 1. The van der Waals surface area contributed by atoms with Crippen molar-refractivity contribution in [3.8, 4) is 5.75 Å². The number of benzene rings is 1. The Labute approximate surface area is 135 Å². The molecule has 0 saturated heterocycles. The van der Waals surface area contributed by atoms with Gasteiger partial charge in [-0.05, 0) is 25.1 Å². The Morgan fingerprint density at radius 1 is 1.39 bits per heavy atom. The number of nitrogens with one attached hydrogen (secondary N) is 1.